The van der Waals surface area contributed by atoms with Crippen LogP contribution in [0, 0.1) is 6.92 Å². The van der Waals surface area contributed by atoms with E-state index in [1.807, 2.05) is 49.5 Å². The predicted molar refractivity (Wildman–Crippen MR) is 113 cm³/mol. The Morgan fingerprint density at radius 1 is 1.10 bits per heavy atom. The summed E-state index contributed by atoms with van der Waals surface area (Å²) in [5.74, 6) is 1.23. The van der Waals surface area contributed by atoms with E-state index in [1.54, 1.807) is 24.5 Å². The highest BCUT2D eigenvalue weighted by Crippen LogP contribution is 2.29. The molecule has 0 saturated heterocycles. The van der Waals surface area contributed by atoms with Crippen molar-refractivity contribution in [3.05, 3.63) is 83.5 Å². The lowest BCUT2D eigenvalue weighted by Crippen LogP contribution is -2.20. The lowest BCUT2D eigenvalue weighted by molar-refractivity contribution is -0.118. The maximum Gasteiger partial charge on any atom is 0.262 e. The van der Waals surface area contributed by atoms with Gasteiger partial charge in [0.15, 0.2) is 6.61 Å². The largest absolute Gasteiger partial charge is 0.481 e. The zero-order chi connectivity index (χ0) is 20.2. The minimum Gasteiger partial charge on any atom is -0.481 e. The van der Waals surface area contributed by atoms with Crippen molar-refractivity contribution in [2.75, 3.05) is 11.9 Å². The zero-order valence-corrected chi connectivity index (χ0v) is 16.6. The molecule has 7 heteroatoms. The number of benzene rings is 2. The summed E-state index contributed by atoms with van der Waals surface area (Å²) in [4.78, 5) is 20.8. The summed E-state index contributed by atoms with van der Waals surface area (Å²) >= 11 is 6.19. The topological polar surface area (TPSA) is 69.0 Å². The second kappa shape index (κ2) is 8.32. The molecule has 29 heavy (non-hydrogen) atoms. The van der Waals surface area contributed by atoms with Crippen LogP contribution in [-0.4, -0.2) is 27.0 Å². The van der Waals surface area contributed by atoms with Crippen molar-refractivity contribution in [2.45, 2.75) is 13.5 Å². The summed E-state index contributed by atoms with van der Waals surface area (Å²) in [5.41, 5.74) is 2.47. The number of halogens is 1. The van der Waals surface area contributed by atoms with Gasteiger partial charge in [-0.1, -0.05) is 23.7 Å². The third kappa shape index (κ3) is 4.38. The number of hydrogen-bond donors (Lipinski definition) is 1. The van der Waals surface area contributed by atoms with E-state index in [-0.39, 0.29) is 12.5 Å². The van der Waals surface area contributed by atoms with Crippen LogP contribution in [0.4, 0.5) is 5.69 Å². The Labute approximate surface area is 173 Å². The number of hydrogen-bond acceptors (Lipinski definition) is 4. The Morgan fingerprint density at radius 2 is 1.93 bits per heavy atom. The quantitative estimate of drug-likeness (QED) is 0.513. The number of amides is 1. The highest BCUT2D eigenvalue weighted by atomic mass is 35.5. The third-order valence-corrected chi connectivity index (χ3v) is 4.88. The van der Waals surface area contributed by atoms with Crippen molar-refractivity contribution in [1.29, 1.82) is 0 Å². The molecule has 0 atom stereocenters. The molecule has 1 amide bonds. The molecule has 1 N–H and O–H groups in total. The van der Waals surface area contributed by atoms with Crippen LogP contribution in [0.2, 0.25) is 5.02 Å². The van der Waals surface area contributed by atoms with Crippen molar-refractivity contribution < 1.29 is 9.53 Å². The molecule has 0 fully saturated rings. The maximum atomic E-state index is 12.3. The summed E-state index contributed by atoms with van der Waals surface area (Å²) in [5, 5.41) is 4.22. The van der Waals surface area contributed by atoms with Crippen molar-refractivity contribution in [2.24, 2.45) is 0 Å². The molecule has 4 aromatic rings. The summed E-state index contributed by atoms with van der Waals surface area (Å²) < 4.78 is 7.73. The van der Waals surface area contributed by atoms with Crippen LogP contribution in [0.25, 0.3) is 10.9 Å². The number of pyridine rings is 1. The van der Waals surface area contributed by atoms with Gasteiger partial charge in [0, 0.05) is 36.2 Å². The lowest BCUT2D eigenvalue weighted by atomic mass is 10.2. The second-order valence-electron chi connectivity index (χ2n) is 6.58. The van der Waals surface area contributed by atoms with Crippen LogP contribution >= 0.6 is 11.6 Å². The first-order valence-corrected chi connectivity index (χ1v) is 9.50. The molecule has 0 aliphatic carbocycles. The van der Waals surface area contributed by atoms with E-state index >= 15 is 0 Å². The molecule has 2 aromatic heterocycles. The van der Waals surface area contributed by atoms with Gasteiger partial charge < -0.3 is 14.6 Å². The van der Waals surface area contributed by atoms with Crippen molar-refractivity contribution in [3.63, 3.8) is 0 Å². The van der Waals surface area contributed by atoms with Crippen molar-refractivity contribution in [3.8, 4) is 5.75 Å². The van der Waals surface area contributed by atoms with Gasteiger partial charge in [-0.2, -0.15) is 0 Å². The van der Waals surface area contributed by atoms with Gasteiger partial charge >= 0.3 is 0 Å². The van der Waals surface area contributed by atoms with Crippen LogP contribution in [0.15, 0.2) is 67.1 Å². The summed E-state index contributed by atoms with van der Waals surface area (Å²) in [6.45, 7) is 2.58. The number of aromatic nitrogens is 3. The molecular formula is C22H19ClN4O2. The van der Waals surface area contributed by atoms with Gasteiger partial charge in [0.1, 0.15) is 17.1 Å². The molecule has 0 spiro atoms. The number of nitrogens with one attached hydrogen (secondary N) is 1. The van der Waals surface area contributed by atoms with E-state index in [2.05, 4.69) is 19.9 Å². The molecule has 4 rings (SSSR count). The lowest BCUT2D eigenvalue weighted by Gasteiger charge is -2.11. The summed E-state index contributed by atoms with van der Waals surface area (Å²) in [6, 6.07) is 14.8. The minimum absolute atomic E-state index is 0.122. The first-order chi connectivity index (χ1) is 14.1. The van der Waals surface area contributed by atoms with E-state index in [0.29, 0.717) is 22.0 Å². The summed E-state index contributed by atoms with van der Waals surface area (Å²) in [6.07, 6.45) is 5.39. The first-order valence-electron chi connectivity index (χ1n) is 9.13. The van der Waals surface area contributed by atoms with Crippen molar-refractivity contribution >= 4 is 34.1 Å². The second-order valence-corrected chi connectivity index (χ2v) is 6.99. The fourth-order valence-corrected chi connectivity index (χ4v) is 3.25. The number of imidazole rings is 1. The smallest absolute Gasteiger partial charge is 0.262 e. The van der Waals surface area contributed by atoms with E-state index in [0.717, 1.165) is 23.3 Å². The minimum atomic E-state index is -0.248. The molecule has 0 aliphatic heterocycles. The van der Waals surface area contributed by atoms with Gasteiger partial charge in [0.05, 0.1) is 5.02 Å². The molecule has 0 bridgehead atoms. The molecular weight excluding hydrogens is 388 g/mol. The van der Waals surface area contributed by atoms with Crippen LogP contribution in [0.1, 0.15) is 11.4 Å². The van der Waals surface area contributed by atoms with E-state index in [1.165, 1.54) is 0 Å². The van der Waals surface area contributed by atoms with Crippen LogP contribution in [0.5, 0.6) is 5.75 Å². The Morgan fingerprint density at radius 3 is 2.69 bits per heavy atom. The number of fused-ring (bicyclic) bond motifs is 1. The summed E-state index contributed by atoms with van der Waals surface area (Å²) in [7, 11) is 0. The Bertz CT molecular complexity index is 1160. The number of ether oxygens (including phenoxy) is 1. The van der Waals surface area contributed by atoms with Crippen molar-refractivity contribution in [1.82, 2.24) is 14.5 Å². The molecule has 0 unspecified atom stereocenters. The zero-order valence-electron chi connectivity index (χ0n) is 15.8. The van der Waals surface area contributed by atoms with Gasteiger partial charge in [-0.05, 0) is 48.9 Å². The number of aryl methyl sites for hydroxylation is 1. The standard InChI is InChI=1S/C22H19ClN4O2/c1-15-24-11-12-27(15)13-16-4-6-17(7-5-16)26-21(28)14-29-20-9-8-19(23)18-3-2-10-25-22(18)20/h2-12H,13-14H2,1H3,(H,26,28). The van der Waals surface area contributed by atoms with Crippen LogP contribution in [-0.2, 0) is 11.3 Å². The Kier molecular flexibility index (Phi) is 5.44. The molecule has 0 saturated carbocycles. The van der Waals surface area contributed by atoms with Gasteiger partial charge in [-0.25, -0.2) is 4.98 Å². The Hall–Kier alpha value is -3.38. The first kappa shape index (κ1) is 19.0. The number of carbonyl (C=O) groups is 1. The van der Waals surface area contributed by atoms with Crippen LogP contribution < -0.4 is 10.1 Å². The van der Waals surface area contributed by atoms with E-state index in [9.17, 15) is 4.79 Å². The molecule has 0 aliphatic rings. The number of rotatable bonds is 6. The molecule has 6 nitrogen and oxygen atoms in total. The van der Waals surface area contributed by atoms with Gasteiger partial charge in [0.2, 0.25) is 0 Å². The normalized spacial score (nSPS) is 10.8. The number of carbonyl (C=O) groups excluding carboxylic acids is 1. The molecule has 0 radical (unpaired) electrons. The van der Waals surface area contributed by atoms with E-state index in [4.69, 9.17) is 16.3 Å². The monoisotopic (exact) mass is 406 g/mol. The van der Waals surface area contributed by atoms with Gasteiger partial charge in [-0.15, -0.1) is 0 Å². The maximum absolute atomic E-state index is 12.3. The fraction of sp³-hybridized carbons (Fsp3) is 0.136. The predicted octanol–water partition coefficient (Wildman–Crippen LogP) is 4.46. The SMILES string of the molecule is Cc1nccn1Cc1ccc(NC(=O)COc2ccc(Cl)c3cccnc23)cc1. The van der Waals surface area contributed by atoms with Gasteiger partial charge in [0.25, 0.3) is 5.91 Å². The highest BCUT2D eigenvalue weighted by Gasteiger charge is 2.09. The Balaban J connectivity index is 1.37. The highest BCUT2D eigenvalue weighted by molar-refractivity contribution is 6.35. The average molecular weight is 407 g/mol. The van der Waals surface area contributed by atoms with Crippen LogP contribution in [0.3, 0.4) is 0 Å². The third-order valence-electron chi connectivity index (χ3n) is 4.55. The average Bonchev–Trinajstić information content (AvgIpc) is 3.14. The fourth-order valence-electron chi connectivity index (χ4n) is 3.03. The number of nitrogens with zero attached hydrogens (tertiary/aromatic N) is 3. The molecule has 2 heterocycles. The number of anilines is 1. The van der Waals surface area contributed by atoms with E-state index < -0.39 is 0 Å². The molecule has 2 aromatic carbocycles. The van der Waals surface area contributed by atoms with Gasteiger partial charge in [-0.3, -0.25) is 9.78 Å². The molecule has 146 valence electrons.